The van der Waals surface area contributed by atoms with Crippen LogP contribution < -0.4 is 15.6 Å². The van der Waals surface area contributed by atoms with E-state index in [4.69, 9.17) is 12.2 Å². The van der Waals surface area contributed by atoms with Gasteiger partial charge in [-0.05, 0) is 36.5 Å². The lowest BCUT2D eigenvalue weighted by Crippen LogP contribution is -2.58. The summed E-state index contributed by atoms with van der Waals surface area (Å²) in [6, 6.07) is 11.7. The molecule has 0 unspecified atom stereocenters. The fourth-order valence-corrected chi connectivity index (χ4v) is 2.58. The molecule has 0 radical (unpaired) electrons. The Morgan fingerprint density at radius 1 is 1.19 bits per heavy atom. The van der Waals surface area contributed by atoms with Gasteiger partial charge in [0.1, 0.15) is 0 Å². The van der Waals surface area contributed by atoms with Crippen LogP contribution in [0.5, 0.6) is 0 Å². The Labute approximate surface area is 153 Å². The number of benzene rings is 1. The minimum absolute atomic E-state index is 0.00308. The van der Waals surface area contributed by atoms with Crippen LogP contribution in [0.15, 0.2) is 60.0 Å². The van der Waals surface area contributed by atoms with Crippen LogP contribution in [0.4, 0.5) is 5.69 Å². The molecule has 0 aliphatic carbocycles. The molecule has 0 bridgehead atoms. The standard InChI is InChI=1S/C17H13N5O3S/c23-14(11-6-8-18-9-7-11)21-19-10-13-15(24)20-17(26)22(16(13)25)12-4-2-1-3-5-12/h1-10,13H,(H,21,23)(H,20,24,26)/b19-10-/t13-/m0/s1. The molecule has 1 aliphatic rings. The van der Waals surface area contributed by atoms with Gasteiger partial charge in [-0.2, -0.15) is 5.10 Å². The monoisotopic (exact) mass is 367 g/mol. The van der Waals surface area contributed by atoms with Gasteiger partial charge in [-0.25, -0.2) is 5.43 Å². The highest BCUT2D eigenvalue weighted by Crippen LogP contribution is 2.19. The molecule has 2 aromatic rings. The number of aromatic nitrogens is 1. The number of pyridine rings is 1. The van der Waals surface area contributed by atoms with E-state index in [2.05, 4.69) is 20.8 Å². The van der Waals surface area contributed by atoms with E-state index >= 15 is 0 Å². The molecule has 9 heteroatoms. The van der Waals surface area contributed by atoms with Crippen molar-refractivity contribution in [3.8, 4) is 0 Å². The van der Waals surface area contributed by atoms with Crippen LogP contribution in [0.2, 0.25) is 0 Å². The third kappa shape index (κ3) is 3.62. The largest absolute Gasteiger partial charge is 0.301 e. The number of rotatable bonds is 4. The Bertz CT molecular complexity index is 886. The average Bonchev–Trinajstić information content (AvgIpc) is 2.65. The van der Waals surface area contributed by atoms with Crippen molar-refractivity contribution in [2.75, 3.05) is 4.90 Å². The Morgan fingerprint density at radius 3 is 2.58 bits per heavy atom. The van der Waals surface area contributed by atoms with Crippen LogP contribution in [-0.2, 0) is 9.59 Å². The maximum Gasteiger partial charge on any atom is 0.271 e. The molecule has 2 N–H and O–H groups in total. The number of hydrogen-bond acceptors (Lipinski definition) is 6. The molecule has 1 saturated heterocycles. The van der Waals surface area contributed by atoms with E-state index in [9.17, 15) is 14.4 Å². The first-order valence-corrected chi connectivity index (χ1v) is 7.96. The van der Waals surface area contributed by atoms with E-state index in [1.165, 1.54) is 29.4 Å². The van der Waals surface area contributed by atoms with Crippen molar-refractivity contribution in [1.82, 2.24) is 15.7 Å². The van der Waals surface area contributed by atoms with Gasteiger partial charge in [0, 0.05) is 24.2 Å². The van der Waals surface area contributed by atoms with Crippen molar-refractivity contribution in [3.63, 3.8) is 0 Å². The molecule has 1 aromatic heterocycles. The van der Waals surface area contributed by atoms with Crippen LogP contribution >= 0.6 is 12.2 Å². The number of nitrogens with one attached hydrogen (secondary N) is 2. The molecule has 1 aromatic carbocycles. The molecule has 8 nitrogen and oxygen atoms in total. The van der Waals surface area contributed by atoms with Crippen molar-refractivity contribution >= 4 is 47.0 Å². The first-order chi connectivity index (χ1) is 12.6. The van der Waals surface area contributed by atoms with Crippen molar-refractivity contribution in [2.45, 2.75) is 0 Å². The highest BCUT2D eigenvalue weighted by atomic mass is 32.1. The predicted octanol–water partition coefficient (Wildman–Crippen LogP) is 0.861. The van der Waals surface area contributed by atoms with Gasteiger partial charge in [0.2, 0.25) is 5.91 Å². The number of para-hydroxylation sites is 1. The highest BCUT2D eigenvalue weighted by molar-refractivity contribution is 7.80. The topological polar surface area (TPSA) is 104 Å². The van der Waals surface area contributed by atoms with Crippen molar-refractivity contribution in [2.24, 2.45) is 11.0 Å². The lowest BCUT2D eigenvalue weighted by molar-refractivity contribution is -0.130. The molecular weight excluding hydrogens is 354 g/mol. The number of amides is 3. The second kappa shape index (κ2) is 7.62. The van der Waals surface area contributed by atoms with Gasteiger partial charge in [-0.3, -0.25) is 24.3 Å². The maximum atomic E-state index is 12.7. The van der Waals surface area contributed by atoms with Gasteiger partial charge >= 0.3 is 0 Å². The Kier molecular flexibility index (Phi) is 5.09. The van der Waals surface area contributed by atoms with Gasteiger partial charge in [0.15, 0.2) is 11.0 Å². The summed E-state index contributed by atoms with van der Waals surface area (Å²) in [6.07, 6.45) is 4.01. The third-order valence-electron chi connectivity index (χ3n) is 3.55. The highest BCUT2D eigenvalue weighted by Gasteiger charge is 2.38. The summed E-state index contributed by atoms with van der Waals surface area (Å²) in [5, 5.41) is 6.19. The zero-order chi connectivity index (χ0) is 18.5. The molecule has 3 amide bonds. The van der Waals surface area contributed by atoms with Gasteiger partial charge in [-0.1, -0.05) is 18.2 Å². The molecule has 1 atom stereocenters. The summed E-state index contributed by atoms with van der Waals surface area (Å²) in [5.74, 6) is -2.84. The number of carbonyl (C=O) groups excluding carboxylic acids is 3. The van der Waals surface area contributed by atoms with Gasteiger partial charge < -0.3 is 5.32 Å². The molecule has 3 rings (SSSR count). The fourth-order valence-electron chi connectivity index (χ4n) is 2.28. The maximum absolute atomic E-state index is 12.7. The van der Waals surface area contributed by atoms with E-state index in [-0.39, 0.29) is 5.11 Å². The van der Waals surface area contributed by atoms with E-state index in [1.54, 1.807) is 30.3 Å². The van der Waals surface area contributed by atoms with Crippen LogP contribution in [0, 0.1) is 5.92 Å². The predicted molar refractivity (Wildman–Crippen MR) is 98.4 cm³/mol. The zero-order valence-electron chi connectivity index (χ0n) is 13.3. The van der Waals surface area contributed by atoms with Gasteiger partial charge in [0.25, 0.3) is 11.8 Å². The van der Waals surface area contributed by atoms with Crippen LogP contribution in [0.1, 0.15) is 10.4 Å². The number of hydrogen-bond donors (Lipinski definition) is 2. The quantitative estimate of drug-likeness (QED) is 0.361. The SMILES string of the molecule is O=C(N/N=C\[C@H]1C(=O)NC(=S)N(c2ccccc2)C1=O)c1ccncc1. The van der Waals surface area contributed by atoms with Crippen LogP contribution in [0.3, 0.4) is 0 Å². The Hall–Kier alpha value is -3.46. The number of thiocarbonyl (C=S) groups is 1. The lowest BCUT2D eigenvalue weighted by Gasteiger charge is -2.30. The fraction of sp³-hybridized carbons (Fsp3) is 0.0588. The van der Waals surface area contributed by atoms with Crippen LogP contribution in [0.25, 0.3) is 0 Å². The minimum atomic E-state index is -1.21. The van der Waals surface area contributed by atoms with Crippen molar-refractivity contribution in [1.29, 1.82) is 0 Å². The Balaban J connectivity index is 1.74. The molecule has 1 fully saturated rings. The third-order valence-corrected chi connectivity index (χ3v) is 3.83. The summed E-state index contributed by atoms with van der Waals surface area (Å²) >= 11 is 5.09. The number of anilines is 1. The van der Waals surface area contributed by atoms with E-state index < -0.39 is 23.6 Å². The second-order valence-corrected chi connectivity index (χ2v) is 5.62. The summed E-state index contributed by atoms with van der Waals surface area (Å²) in [4.78, 5) is 41.7. The smallest absolute Gasteiger partial charge is 0.271 e. The summed E-state index contributed by atoms with van der Waals surface area (Å²) < 4.78 is 0. The van der Waals surface area contributed by atoms with E-state index in [1.807, 2.05) is 0 Å². The molecule has 0 saturated carbocycles. The number of carbonyl (C=O) groups is 3. The number of hydrazone groups is 1. The second-order valence-electron chi connectivity index (χ2n) is 5.24. The normalized spacial score (nSPS) is 17.3. The van der Waals surface area contributed by atoms with Crippen molar-refractivity contribution < 1.29 is 14.4 Å². The average molecular weight is 367 g/mol. The Morgan fingerprint density at radius 2 is 1.88 bits per heavy atom. The summed E-state index contributed by atoms with van der Waals surface area (Å²) in [7, 11) is 0. The number of nitrogens with zero attached hydrogens (tertiary/aromatic N) is 3. The molecule has 1 aliphatic heterocycles. The van der Waals surface area contributed by atoms with E-state index in [0.717, 1.165) is 6.21 Å². The first-order valence-electron chi connectivity index (χ1n) is 7.55. The van der Waals surface area contributed by atoms with Gasteiger partial charge in [0.05, 0.1) is 5.69 Å². The first kappa shape index (κ1) is 17.4. The zero-order valence-corrected chi connectivity index (χ0v) is 14.1. The lowest BCUT2D eigenvalue weighted by atomic mass is 10.1. The van der Waals surface area contributed by atoms with Gasteiger partial charge in [-0.15, -0.1) is 0 Å². The summed E-state index contributed by atoms with van der Waals surface area (Å²) in [5.41, 5.74) is 3.15. The molecule has 130 valence electrons. The van der Waals surface area contributed by atoms with Crippen LogP contribution in [-0.4, -0.2) is 34.0 Å². The van der Waals surface area contributed by atoms with E-state index in [0.29, 0.717) is 11.3 Å². The summed E-state index contributed by atoms with van der Waals surface area (Å²) in [6.45, 7) is 0. The van der Waals surface area contributed by atoms with Crippen molar-refractivity contribution in [3.05, 3.63) is 60.4 Å². The molecule has 2 heterocycles. The molecule has 26 heavy (non-hydrogen) atoms. The molecular formula is C17H13N5O3S. The minimum Gasteiger partial charge on any atom is -0.301 e. The molecule has 0 spiro atoms.